The van der Waals surface area contributed by atoms with Crippen LogP contribution in [0.2, 0.25) is 0 Å². The van der Waals surface area contributed by atoms with Gasteiger partial charge < -0.3 is 10.3 Å². The highest BCUT2D eigenvalue weighted by molar-refractivity contribution is 4.94. The summed E-state index contributed by atoms with van der Waals surface area (Å²) in [7, 11) is 0. The molecule has 0 aliphatic carbocycles. The van der Waals surface area contributed by atoms with Crippen molar-refractivity contribution in [3.63, 3.8) is 0 Å². The number of aromatic nitrogens is 2. The van der Waals surface area contributed by atoms with Crippen LogP contribution < -0.4 is 5.73 Å². The zero-order valence-corrected chi connectivity index (χ0v) is 6.80. The first-order chi connectivity index (χ1) is 5.95. The number of hydrogen-bond donors (Lipinski definition) is 1. The van der Waals surface area contributed by atoms with Gasteiger partial charge >= 0.3 is 6.18 Å². The minimum Gasteiger partial charge on any atom is -0.337 e. The van der Waals surface area contributed by atoms with Crippen LogP contribution in [0.5, 0.6) is 0 Å². The highest BCUT2D eigenvalue weighted by atomic mass is 19.4. The molecule has 1 heterocycles. The van der Waals surface area contributed by atoms with Crippen molar-refractivity contribution in [1.82, 2.24) is 10.1 Å². The van der Waals surface area contributed by atoms with Gasteiger partial charge in [-0.1, -0.05) is 12.1 Å². The van der Waals surface area contributed by atoms with E-state index >= 15 is 0 Å². The Morgan fingerprint density at radius 3 is 2.54 bits per heavy atom. The Hall–Kier alpha value is -1.11. The maximum Gasteiger partial charge on any atom is 0.455 e. The summed E-state index contributed by atoms with van der Waals surface area (Å²) in [6, 6.07) is -0.636. The molecule has 0 fully saturated rings. The Morgan fingerprint density at radius 1 is 1.54 bits per heavy atom. The lowest BCUT2D eigenvalue weighted by atomic mass is 10.2. The Kier molecular flexibility index (Phi) is 2.55. The van der Waals surface area contributed by atoms with Crippen LogP contribution in [0, 0.1) is 0 Å². The van der Waals surface area contributed by atoms with Crippen LogP contribution in [-0.2, 0) is 6.18 Å². The molecular weight excluding hydrogens is 187 g/mol. The molecule has 0 spiro atoms. The largest absolute Gasteiger partial charge is 0.455 e. The predicted octanol–water partition coefficient (Wildman–Crippen LogP) is 1.50. The maximum atomic E-state index is 11.9. The first-order valence-corrected chi connectivity index (χ1v) is 3.61. The smallest absolute Gasteiger partial charge is 0.337 e. The number of rotatable bonds is 2. The summed E-state index contributed by atoms with van der Waals surface area (Å²) in [4.78, 5) is 3.12. The summed E-state index contributed by atoms with van der Waals surface area (Å²) in [6.45, 7) is 1.71. The molecule has 4 nitrogen and oxygen atoms in total. The highest BCUT2D eigenvalue weighted by Gasteiger charge is 2.37. The van der Waals surface area contributed by atoms with Crippen molar-refractivity contribution in [3.8, 4) is 0 Å². The van der Waals surface area contributed by atoms with Gasteiger partial charge in [-0.3, -0.25) is 0 Å². The molecule has 0 amide bonds. The first kappa shape index (κ1) is 9.97. The molecule has 13 heavy (non-hydrogen) atoms. The van der Waals surface area contributed by atoms with E-state index in [1.807, 2.05) is 0 Å². The van der Waals surface area contributed by atoms with Gasteiger partial charge in [0.15, 0.2) is 0 Å². The van der Waals surface area contributed by atoms with E-state index in [9.17, 15) is 13.2 Å². The van der Waals surface area contributed by atoms with E-state index in [2.05, 4.69) is 14.7 Å². The van der Waals surface area contributed by atoms with Crippen molar-refractivity contribution in [2.75, 3.05) is 0 Å². The third kappa shape index (κ3) is 2.18. The van der Waals surface area contributed by atoms with E-state index < -0.39 is 18.0 Å². The van der Waals surface area contributed by atoms with Gasteiger partial charge in [0, 0.05) is 0 Å². The van der Waals surface area contributed by atoms with Crippen LogP contribution in [0.1, 0.15) is 31.1 Å². The van der Waals surface area contributed by atoms with Gasteiger partial charge in [-0.05, 0) is 6.42 Å². The molecule has 2 N–H and O–H groups in total. The number of nitrogens with zero attached hydrogens (tertiary/aromatic N) is 2. The average molecular weight is 195 g/mol. The molecule has 7 heteroatoms. The summed E-state index contributed by atoms with van der Waals surface area (Å²) >= 11 is 0. The summed E-state index contributed by atoms with van der Waals surface area (Å²) in [5.74, 6) is -1.47. The lowest BCUT2D eigenvalue weighted by Gasteiger charge is -1.99. The van der Waals surface area contributed by atoms with Gasteiger partial charge in [0.2, 0.25) is 5.89 Å². The second-order valence-corrected chi connectivity index (χ2v) is 2.47. The minimum atomic E-state index is -4.57. The van der Waals surface area contributed by atoms with Crippen molar-refractivity contribution in [3.05, 3.63) is 11.7 Å². The SMILES string of the molecule is CC[C@H](N)c1nc(C(F)(F)F)no1. The minimum absolute atomic E-state index is 0.185. The van der Waals surface area contributed by atoms with Crippen LogP contribution in [0.15, 0.2) is 4.52 Å². The van der Waals surface area contributed by atoms with Crippen LogP contribution in [-0.4, -0.2) is 10.1 Å². The Bertz CT molecular complexity index is 283. The molecule has 0 saturated heterocycles. The van der Waals surface area contributed by atoms with Gasteiger partial charge in [-0.25, -0.2) is 0 Å². The maximum absolute atomic E-state index is 11.9. The predicted molar refractivity (Wildman–Crippen MR) is 36.5 cm³/mol. The van der Waals surface area contributed by atoms with E-state index in [4.69, 9.17) is 5.73 Å². The fourth-order valence-corrected chi connectivity index (χ4v) is 0.676. The highest BCUT2D eigenvalue weighted by Crippen LogP contribution is 2.27. The third-order valence-electron chi connectivity index (χ3n) is 1.45. The quantitative estimate of drug-likeness (QED) is 0.776. The molecule has 0 saturated carbocycles. The second-order valence-electron chi connectivity index (χ2n) is 2.47. The number of alkyl halides is 3. The van der Waals surface area contributed by atoms with E-state index in [1.54, 1.807) is 6.92 Å². The molecule has 1 aromatic heterocycles. The molecule has 0 aromatic carbocycles. The lowest BCUT2D eigenvalue weighted by Crippen LogP contribution is -2.11. The van der Waals surface area contributed by atoms with Crippen molar-refractivity contribution >= 4 is 0 Å². The van der Waals surface area contributed by atoms with Crippen molar-refractivity contribution < 1.29 is 17.7 Å². The van der Waals surface area contributed by atoms with Crippen LogP contribution >= 0.6 is 0 Å². The van der Waals surface area contributed by atoms with Gasteiger partial charge in [0.1, 0.15) is 0 Å². The standard InChI is InChI=1S/C6H8F3N3O/c1-2-3(10)4-11-5(12-13-4)6(7,8)9/h3H,2,10H2,1H3/t3-/m0/s1. The zero-order valence-electron chi connectivity index (χ0n) is 6.80. The normalized spacial score (nSPS) is 14.5. The zero-order chi connectivity index (χ0) is 10.1. The van der Waals surface area contributed by atoms with E-state index in [1.165, 1.54) is 0 Å². The van der Waals surface area contributed by atoms with Crippen molar-refractivity contribution in [2.45, 2.75) is 25.6 Å². The van der Waals surface area contributed by atoms with E-state index in [-0.39, 0.29) is 5.89 Å². The van der Waals surface area contributed by atoms with E-state index in [0.717, 1.165) is 0 Å². The van der Waals surface area contributed by atoms with Crippen LogP contribution in [0.4, 0.5) is 13.2 Å². The Morgan fingerprint density at radius 2 is 2.15 bits per heavy atom. The average Bonchev–Trinajstić information content (AvgIpc) is 2.50. The molecule has 1 aromatic rings. The molecule has 0 unspecified atom stereocenters. The number of hydrogen-bond acceptors (Lipinski definition) is 4. The molecule has 0 bridgehead atoms. The Labute approximate surface area is 71.9 Å². The number of halogens is 3. The van der Waals surface area contributed by atoms with Crippen LogP contribution in [0.25, 0.3) is 0 Å². The van der Waals surface area contributed by atoms with Crippen molar-refractivity contribution in [2.24, 2.45) is 5.73 Å². The number of nitrogens with two attached hydrogens (primary N) is 1. The summed E-state index contributed by atoms with van der Waals surface area (Å²) in [6.07, 6.45) is -4.13. The molecule has 74 valence electrons. The molecule has 1 atom stereocenters. The fourth-order valence-electron chi connectivity index (χ4n) is 0.676. The molecule has 0 aliphatic rings. The topological polar surface area (TPSA) is 64.9 Å². The lowest BCUT2D eigenvalue weighted by molar-refractivity contribution is -0.146. The van der Waals surface area contributed by atoms with Gasteiger partial charge in [-0.15, -0.1) is 0 Å². The summed E-state index contributed by atoms with van der Waals surface area (Å²) in [5.41, 5.74) is 5.39. The summed E-state index contributed by atoms with van der Waals surface area (Å²) in [5, 5.41) is 2.77. The molecule has 0 aliphatic heterocycles. The van der Waals surface area contributed by atoms with E-state index in [0.29, 0.717) is 6.42 Å². The van der Waals surface area contributed by atoms with Crippen molar-refractivity contribution in [1.29, 1.82) is 0 Å². The monoisotopic (exact) mass is 195 g/mol. The molecular formula is C6H8F3N3O. The second kappa shape index (κ2) is 3.33. The summed E-state index contributed by atoms with van der Waals surface area (Å²) < 4.78 is 40.2. The van der Waals surface area contributed by atoms with Gasteiger partial charge in [0.05, 0.1) is 6.04 Å². The first-order valence-electron chi connectivity index (χ1n) is 3.61. The van der Waals surface area contributed by atoms with Gasteiger partial charge in [0.25, 0.3) is 5.82 Å². The molecule has 1 rings (SSSR count). The fraction of sp³-hybridized carbons (Fsp3) is 0.667. The third-order valence-corrected chi connectivity index (χ3v) is 1.45. The molecule has 0 radical (unpaired) electrons. The van der Waals surface area contributed by atoms with Gasteiger partial charge in [-0.2, -0.15) is 18.2 Å². The Balaban J connectivity index is 2.87. The van der Waals surface area contributed by atoms with Crippen LogP contribution in [0.3, 0.4) is 0 Å².